The number of fused-ring (bicyclic) bond motifs is 1. The molecule has 10 atom stereocenters. The van der Waals surface area contributed by atoms with Crippen molar-refractivity contribution in [1.29, 1.82) is 0 Å². The maximum absolute atomic E-state index is 15.3. The van der Waals surface area contributed by atoms with Gasteiger partial charge in [0, 0.05) is 49.3 Å². The van der Waals surface area contributed by atoms with Gasteiger partial charge in [-0.2, -0.15) is 0 Å². The second kappa shape index (κ2) is 18.5. The topological polar surface area (TPSA) is 120 Å². The Hall–Kier alpha value is -4.00. The lowest BCUT2D eigenvalue weighted by Gasteiger charge is -2.41. The number of likely N-dealkylation sites (N-methyl/N-ethyl adjacent to an activating group) is 1. The summed E-state index contributed by atoms with van der Waals surface area (Å²) in [5.74, 6) is -3.82. The molecule has 5 rings (SSSR count). The highest BCUT2D eigenvalue weighted by atomic mass is 79.9. The van der Waals surface area contributed by atoms with E-state index in [0.717, 1.165) is 18.8 Å². The number of alkyl halides is 1. The van der Waals surface area contributed by atoms with Crippen LogP contribution in [0.1, 0.15) is 72.0 Å². The van der Waals surface area contributed by atoms with Gasteiger partial charge in [-0.15, -0.1) is 13.2 Å². The van der Waals surface area contributed by atoms with Gasteiger partial charge in [0.1, 0.15) is 17.7 Å². The van der Waals surface area contributed by atoms with Crippen LogP contribution < -0.4 is 9.80 Å². The van der Waals surface area contributed by atoms with Crippen LogP contribution in [0.5, 0.6) is 0 Å². The monoisotopic (exact) mass is 834 g/mol. The van der Waals surface area contributed by atoms with Crippen LogP contribution in [0.2, 0.25) is 0 Å². The normalized spacial score (nSPS) is 25.8. The van der Waals surface area contributed by atoms with Gasteiger partial charge in [-0.05, 0) is 69.4 Å². The van der Waals surface area contributed by atoms with E-state index in [1.165, 1.54) is 4.90 Å². The molecule has 0 radical (unpaired) electrons. The number of halogens is 1. The second-order valence-corrected chi connectivity index (χ2v) is 16.5. The van der Waals surface area contributed by atoms with Crippen molar-refractivity contribution >= 4 is 51.0 Å². The van der Waals surface area contributed by atoms with Gasteiger partial charge in [-0.3, -0.25) is 19.2 Å². The molecule has 11 nitrogen and oxygen atoms in total. The van der Waals surface area contributed by atoms with Crippen molar-refractivity contribution in [2.24, 2.45) is 17.8 Å². The first-order valence-electron chi connectivity index (χ1n) is 20.0. The zero-order valence-electron chi connectivity index (χ0n) is 33.7. The van der Waals surface area contributed by atoms with Crippen molar-refractivity contribution in [2.75, 3.05) is 43.1 Å². The number of ether oxygens (including phenoxy) is 2. The number of rotatable bonds is 19. The lowest BCUT2D eigenvalue weighted by Crippen LogP contribution is -2.60. The molecule has 0 saturated carbocycles. The van der Waals surface area contributed by atoms with Crippen molar-refractivity contribution < 1.29 is 33.8 Å². The molecule has 0 aromatic heterocycles. The quantitative estimate of drug-likeness (QED) is 0.0996. The van der Waals surface area contributed by atoms with Crippen LogP contribution in [0.4, 0.5) is 11.4 Å². The third-order valence-corrected chi connectivity index (χ3v) is 13.2. The third kappa shape index (κ3) is 7.94. The number of likely N-dealkylation sites (tertiary alicyclic amines) is 1. The number of hydrogen-bond acceptors (Lipinski definition) is 8. The van der Waals surface area contributed by atoms with Crippen LogP contribution in [0.3, 0.4) is 0 Å². The van der Waals surface area contributed by atoms with Gasteiger partial charge >= 0.3 is 5.97 Å². The standard InChI is InChI=1S/C44H59BrN4O7/c1-9-14-20-35(51)46(8)29(7)38(30-18-16-15-17-19-30)55-43(54)36-37-41(52)49(34(27-50)28(6)11-3)40(44(37)26-33(45)39(36)56-44)42(53)48(25-10-2)32-23-21-31(22-24-32)47(12-4)13-5/h9-10,15-19,21-24,28-29,33-34,36-40,50H,1-2,11-14,20,25-27H2,3-8H3/t28-,29+,33?,34-,36+,37-,38-,39+,40+,44-/m0/s1. The number of aliphatic hydroxyl groups excluding tert-OH is 1. The Morgan fingerprint density at radius 1 is 1.04 bits per heavy atom. The molecule has 3 aliphatic rings. The van der Waals surface area contributed by atoms with Crippen LogP contribution in [0.15, 0.2) is 79.9 Å². The zero-order chi connectivity index (χ0) is 40.9. The smallest absolute Gasteiger partial charge is 0.313 e. The molecule has 1 N–H and O–H groups in total. The van der Waals surface area contributed by atoms with Crippen LogP contribution in [0.25, 0.3) is 0 Å². The first kappa shape index (κ1) is 43.1. The van der Waals surface area contributed by atoms with Gasteiger partial charge in [0.05, 0.1) is 36.6 Å². The zero-order valence-corrected chi connectivity index (χ0v) is 35.3. The highest BCUT2D eigenvalue weighted by Gasteiger charge is 2.78. The maximum Gasteiger partial charge on any atom is 0.313 e. The largest absolute Gasteiger partial charge is 0.455 e. The molecular weight excluding hydrogens is 776 g/mol. The molecule has 3 saturated heterocycles. The minimum Gasteiger partial charge on any atom is -0.455 e. The van der Waals surface area contributed by atoms with E-state index in [4.69, 9.17) is 9.47 Å². The number of anilines is 2. The van der Waals surface area contributed by atoms with Crippen LogP contribution in [0, 0.1) is 17.8 Å². The van der Waals surface area contributed by atoms with Crippen molar-refractivity contribution in [2.45, 2.75) is 101 Å². The van der Waals surface area contributed by atoms with Crippen molar-refractivity contribution in [3.63, 3.8) is 0 Å². The molecule has 0 aliphatic carbocycles. The Balaban J connectivity index is 1.56. The molecule has 3 aliphatic heterocycles. The number of aliphatic hydroxyl groups is 1. The summed E-state index contributed by atoms with van der Waals surface area (Å²) in [7, 11) is 1.69. The molecule has 2 aromatic carbocycles. The number of carbonyl (C=O) groups is 4. The van der Waals surface area contributed by atoms with Crippen LogP contribution in [-0.4, -0.2) is 107 Å². The van der Waals surface area contributed by atoms with E-state index >= 15 is 9.59 Å². The summed E-state index contributed by atoms with van der Waals surface area (Å²) >= 11 is 3.78. The summed E-state index contributed by atoms with van der Waals surface area (Å²) in [6.07, 6.45) is 3.43. The fourth-order valence-electron chi connectivity index (χ4n) is 8.94. The lowest BCUT2D eigenvalue weighted by molar-refractivity contribution is -0.165. The van der Waals surface area contributed by atoms with E-state index in [0.29, 0.717) is 30.5 Å². The SMILES string of the molecule is C=CCCC(=O)N(C)[C@H](C)[C@H](OC(=O)[C@H]1[C@@H]2O[C@@]3(CC2Br)[C@@H]1C(=O)N([C@@H](CO)[C@@H](C)CC)[C@@H]3C(=O)N(CC=C)c1ccc(N(CC)CC)cc1)c1ccccc1. The molecule has 1 spiro atoms. The Labute approximate surface area is 340 Å². The van der Waals surface area contributed by atoms with Crippen molar-refractivity contribution in [1.82, 2.24) is 9.80 Å². The number of nitrogens with zero attached hydrogens (tertiary/aromatic N) is 4. The summed E-state index contributed by atoms with van der Waals surface area (Å²) in [5.41, 5.74) is 0.966. The molecule has 2 bridgehead atoms. The van der Waals surface area contributed by atoms with Gasteiger partial charge in [0.25, 0.3) is 5.91 Å². The highest BCUT2D eigenvalue weighted by molar-refractivity contribution is 9.09. The van der Waals surface area contributed by atoms with Crippen molar-refractivity contribution in [3.8, 4) is 0 Å². The predicted octanol–water partition coefficient (Wildman–Crippen LogP) is 6.30. The summed E-state index contributed by atoms with van der Waals surface area (Å²) in [5, 5.41) is 10.9. The predicted molar refractivity (Wildman–Crippen MR) is 222 cm³/mol. The van der Waals surface area contributed by atoms with Crippen LogP contribution in [-0.2, 0) is 28.7 Å². The van der Waals surface area contributed by atoms with E-state index in [2.05, 4.69) is 47.8 Å². The Bertz CT molecular complexity index is 1720. The first-order valence-corrected chi connectivity index (χ1v) is 20.9. The molecule has 12 heteroatoms. The Kier molecular flexibility index (Phi) is 14.3. The summed E-state index contributed by atoms with van der Waals surface area (Å²) < 4.78 is 13.3. The number of amides is 3. The van der Waals surface area contributed by atoms with E-state index in [1.54, 1.807) is 29.0 Å². The van der Waals surface area contributed by atoms with E-state index < -0.39 is 59.6 Å². The lowest BCUT2D eigenvalue weighted by atomic mass is 9.70. The van der Waals surface area contributed by atoms with Gasteiger partial charge in [-0.25, -0.2) is 0 Å². The van der Waals surface area contributed by atoms with Crippen molar-refractivity contribution in [3.05, 3.63) is 85.5 Å². The number of benzene rings is 2. The molecule has 1 unspecified atom stereocenters. The average molecular weight is 836 g/mol. The maximum atomic E-state index is 15.3. The number of esters is 1. The molecular formula is C44H59BrN4O7. The summed E-state index contributed by atoms with van der Waals surface area (Å²) in [4.78, 5) is 64.8. The van der Waals surface area contributed by atoms with Crippen LogP contribution >= 0.6 is 15.9 Å². The van der Waals surface area contributed by atoms with Gasteiger partial charge in [-0.1, -0.05) is 78.7 Å². The number of carbonyl (C=O) groups excluding carboxylic acids is 4. The summed E-state index contributed by atoms with van der Waals surface area (Å²) in [6.45, 7) is 19.1. The van der Waals surface area contributed by atoms with Gasteiger partial charge in [0.2, 0.25) is 11.8 Å². The molecule has 304 valence electrons. The molecule has 3 fully saturated rings. The molecule has 56 heavy (non-hydrogen) atoms. The van der Waals surface area contributed by atoms with E-state index in [9.17, 15) is 14.7 Å². The van der Waals surface area contributed by atoms with E-state index in [1.807, 2.05) is 75.4 Å². The van der Waals surface area contributed by atoms with Gasteiger partial charge < -0.3 is 34.2 Å². The molecule has 3 amide bonds. The second-order valence-electron chi connectivity index (χ2n) is 15.3. The minimum atomic E-state index is -1.39. The van der Waals surface area contributed by atoms with Gasteiger partial charge in [0.15, 0.2) is 0 Å². The fourth-order valence-corrected chi connectivity index (χ4v) is 9.89. The summed E-state index contributed by atoms with van der Waals surface area (Å²) in [6, 6.07) is 14.6. The first-order chi connectivity index (χ1) is 26.8. The highest BCUT2D eigenvalue weighted by Crippen LogP contribution is 2.61. The molecule has 2 aromatic rings. The average Bonchev–Trinajstić information content (AvgIpc) is 3.81. The number of allylic oxidation sites excluding steroid dienone is 1. The van der Waals surface area contributed by atoms with E-state index in [-0.39, 0.29) is 42.1 Å². The molecule has 3 heterocycles. The minimum absolute atomic E-state index is 0.119. The fraction of sp³-hybridized carbons (Fsp3) is 0.545. The number of hydrogen-bond donors (Lipinski definition) is 1. The third-order valence-electron chi connectivity index (χ3n) is 12.3. The Morgan fingerprint density at radius 3 is 2.25 bits per heavy atom. The Morgan fingerprint density at radius 2 is 1.68 bits per heavy atom.